The Labute approximate surface area is 232 Å². The second-order valence-corrected chi connectivity index (χ2v) is 11.3. The Bertz CT molecular complexity index is 1150. The summed E-state index contributed by atoms with van der Waals surface area (Å²) in [7, 11) is 0. The Balaban J connectivity index is 1.57. The summed E-state index contributed by atoms with van der Waals surface area (Å²) in [4.78, 5) is 17.9. The van der Waals surface area contributed by atoms with E-state index in [-0.39, 0.29) is 23.4 Å². The highest BCUT2D eigenvalue weighted by atomic mass is 35.5. The minimum atomic E-state index is -0.434. The number of aryl methyl sites for hydroxylation is 1. The van der Waals surface area contributed by atoms with Crippen molar-refractivity contribution in [2.45, 2.75) is 65.5 Å². The minimum absolute atomic E-state index is 0.0125. The van der Waals surface area contributed by atoms with Gasteiger partial charge in [-0.25, -0.2) is 4.39 Å². The van der Waals surface area contributed by atoms with Crippen LogP contribution in [0.2, 0.25) is 5.02 Å². The first-order valence-electron chi connectivity index (χ1n) is 13.8. The van der Waals surface area contributed by atoms with Crippen molar-refractivity contribution in [3.63, 3.8) is 0 Å². The van der Waals surface area contributed by atoms with Crippen LogP contribution in [0.3, 0.4) is 0 Å². The van der Waals surface area contributed by atoms with E-state index in [1.165, 1.54) is 17.3 Å². The molecule has 38 heavy (non-hydrogen) atoms. The van der Waals surface area contributed by atoms with Gasteiger partial charge in [0.1, 0.15) is 5.82 Å². The first kappa shape index (κ1) is 28.6. The average molecular weight is 542 g/mol. The molecule has 0 unspecified atom stereocenters. The number of morpholine rings is 1. The number of hydrogen-bond donors (Lipinski definition) is 1. The van der Waals surface area contributed by atoms with Crippen LogP contribution in [0.15, 0.2) is 42.0 Å². The lowest BCUT2D eigenvalue weighted by molar-refractivity contribution is -0.120. The fourth-order valence-corrected chi connectivity index (χ4v) is 5.83. The first-order chi connectivity index (χ1) is 18.2. The zero-order valence-corrected chi connectivity index (χ0v) is 23.9. The van der Waals surface area contributed by atoms with E-state index < -0.39 is 5.82 Å². The van der Waals surface area contributed by atoms with E-state index in [1.54, 1.807) is 12.1 Å². The van der Waals surface area contributed by atoms with Gasteiger partial charge in [-0.15, -0.1) is 0 Å². The zero-order valence-electron chi connectivity index (χ0n) is 23.2. The van der Waals surface area contributed by atoms with Crippen LogP contribution < -0.4 is 10.2 Å². The molecule has 0 bridgehead atoms. The molecule has 0 radical (unpaired) electrons. The number of amides is 1. The van der Waals surface area contributed by atoms with Crippen molar-refractivity contribution in [3.05, 3.63) is 69.5 Å². The van der Waals surface area contributed by atoms with Gasteiger partial charge in [0.15, 0.2) is 0 Å². The number of carbonyl (C=O) groups is 1. The predicted octanol–water partition coefficient (Wildman–Crippen LogP) is 6.02. The van der Waals surface area contributed by atoms with Crippen molar-refractivity contribution in [3.8, 4) is 0 Å². The topological polar surface area (TPSA) is 44.8 Å². The number of nitrogens with one attached hydrogen (secondary N) is 1. The number of benzene rings is 2. The van der Waals surface area contributed by atoms with Crippen LogP contribution in [0.1, 0.15) is 56.7 Å². The van der Waals surface area contributed by atoms with Gasteiger partial charge >= 0.3 is 0 Å². The molecule has 7 heteroatoms. The van der Waals surface area contributed by atoms with Gasteiger partial charge in [-0.1, -0.05) is 29.3 Å². The number of piperidine rings is 1. The average Bonchev–Trinajstić information content (AvgIpc) is 2.90. The summed E-state index contributed by atoms with van der Waals surface area (Å²) < 4.78 is 19.3. The van der Waals surface area contributed by atoms with Crippen LogP contribution in [0.25, 0.3) is 5.57 Å². The van der Waals surface area contributed by atoms with Gasteiger partial charge in [0.25, 0.3) is 0 Å². The lowest BCUT2D eigenvalue weighted by Gasteiger charge is -2.41. The lowest BCUT2D eigenvalue weighted by Crippen LogP contribution is -2.49. The van der Waals surface area contributed by atoms with E-state index in [0.717, 1.165) is 74.5 Å². The Hall–Kier alpha value is -2.41. The van der Waals surface area contributed by atoms with Crippen LogP contribution in [0, 0.1) is 12.7 Å². The van der Waals surface area contributed by atoms with Crippen molar-refractivity contribution < 1.29 is 13.9 Å². The van der Waals surface area contributed by atoms with Gasteiger partial charge in [-0.05, 0) is 93.5 Å². The molecule has 1 N–H and O–H groups in total. The molecule has 0 atom stereocenters. The maximum absolute atomic E-state index is 13.8. The molecule has 0 aliphatic carbocycles. The summed E-state index contributed by atoms with van der Waals surface area (Å²) >= 11 is 6.08. The summed E-state index contributed by atoms with van der Waals surface area (Å²) in [6.07, 6.45) is 3.13. The molecule has 2 fully saturated rings. The highest BCUT2D eigenvalue weighted by Gasteiger charge is 2.26. The SMILES string of the molecule is C/C(=C(\CC(=O)NC(C)C)Cc1ccc(F)c(Cl)c1)c1cc(N2CCC(N3CCOCC3)CC2)ccc1C. The van der Waals surface area contributed by atoms with Crippen LogP contribution in [0.5, 0.6) is 0 Å². The maximum Gasteiger partial charge on any atom is 0.224 e. The number of allylic oxidation sites excluding steroid dienone is 1. The highest BCUT2D eigenvalue weighted by molar-refractivity contribution is 6.30. The number of ether oxygens (including phenoxy) is 1. The molecular weight excluding hydrogens is 501 g/mol. The molecule has 2 aromatic carbocycles. The van der Waals surface area contributed by atoms with E-state index >= 15 is 0 Å². The van der Waals surface area contributed by atoms with Crippen LogP contribution in [0.4, 0.5) is 10.1 Å². The largest absolute Gasteiger partial charge is 0.379 e. The lowest BCUT2D eigenvalue weighted by atomic mass is 9.91. The second-order valence-electron chi connectivity index (χ2n) is 10.9. The normalized spacial score (nSPS) is 18.0. The summed E-state index contributed by atoms with van der Waals surface area (Å²) in [6, 6.07) is 12.2. The molecule has 0 spiro atoms. The summed E-state index contributed by atoms with van der Waals surface area (Å²) in [5.41, 5.74) is 6.54. The maximum atomic E-state index is 13.8. The van der Waals surface area contributed by atoms with Crippen LogP contribution in [-0.2, 0) is 16.0 Å². The van der Waals surface area contributed by atoms with E-state index in [0.29, 0.717) is 12.5 Å². The molecule has 5 nitrogen and oxygen atoms in total. The number of halogens is 2. The standard InChI is InChI=1S/C31H41ClFN3O2/c1-21(2)34-31(37)19-25(17-24-6-8-30(33)29(32)18-24)23(4)28-20-27(7-5-22(28)3)35-11-9-26(10-12-35)36-13-15-38-16-14-36/h5-8,18,20-21,26H,9-17,19H2,1-4H3,(H,34,37)/b25-23+. The quantitative estimate of drug-likeness (QED) is 0.444. The van der Waals surface area contributed by atoms with Crippen LogP contribution in [-0.4, -0.2) is 62.3 Å². The van der Waals surface area contributed by atoms with E-state index in [4.69, 9.17) is 16.3 Å². The molecule has 2 heterocycles. The Morgan fingerprint density at radius 3 is 2.47 bits per heavy atom. The number of anilines is 1. The number of carbonyl (C=O) groups excluding carboxylic acids is 1. The second kappa shape index (κ2) is 13.1. The number of nitrogens with zero attached hydrogens (tertiary/aromatic N) is 2. The van der Waals surface area contributed by atoms with Crippen molar-refractivity contribution >= 4 is 28.8 Å². The molecule has 0 saturated carbocycles. The van der Waals surface area contributed by atoms with Gasteiger partial charge < -0.3 is 15.0 Å². The molecule has 0 aromatic heterocycles. The summed E-state index contributed by atoms with van der Waals surface area (Å²) in [6.45, 7) is 14.0. The third kappa shape index (κ3) is 7.37. The van der Waals surface area contributed by atoms with Crippen molar-refractivity contribution in [2.75, 3.05) is 44.3 Å². The fraction of sp³-hybridized carbons (Fsp3) is 0.516. The zero-order chi connectivity index (χ0) is 27.2. The Kier molecular flexibility index (Phi) is 9.85. The molecule has 2 saturated heterocycles. The predicted molar refractivity (Wildman–Crippen MR) is 154 cm³/mol. The van der Waals surface area contributed by atoms with Crippen LogP contribution >= 0.6 is 11.6 Å². The molecule has 1 amide bonds. The monoisotopic (exact) mass is 541 g/mol. The van der Waals surface area contributed by atoms with Gasteiger partial charge in [0.05, 0.1) is 18.2 Å². The smallest absolute Gasteiger partial charge is 0.224 e. The molecule has 2 aliphatic rings. The molecule has 206 valence electrons. The minimum Gasteiger partial charge on any atom is -0.379 e. The fourth-order valence-electron chi connectivity index (χ4n) is 5.62. The highest BCUT2D eigenvalue weighted by Crippen LogP contribution is 2.32. The number of rotatable bonds is 8. The van der Waals surface area contributed by atoms with E-state index in [2.05, 4.69) is 47.2 Å². The summed E-state index contributed by atoms with van der Waals surface area (Å²) in [5.74, 6) is -0.447. The first-order valence-corrected chi connectivity index (χ1v) is 14.2. The van der Waals surface area contributed by atoms with Crippen molar-refractivity contribution in [1.29, 1.82) is 0 Å². The molecular formula is C31H41ClFN3O2. The van der Waals surface area contributed by atoms with Crippen molar-refractivity contribution in [1.82, 2.24) is 10.2 Å². The summed E-state index contributed by atoms with van der Waals surface area (Å²) in [5, 5.41) is 3.12. The Morgan fingerprint density at radius 2 is 1.82 bits per heavy atom. The van der Waals surface area contributed by atoms with Gasteiger partial charge in [-0.3, -0.25) is 9.69 Å². The van der Waals surface area contributed by atoms with Crippen molar-refractivity contribution in [2.24, 2.45) is 0 Å². The Morgan fingerprint density at radius 1 is 1.11 bits per heavy atom. The van der Waals surface area contributed by atoms with E-state index in [1.807, 2.05) is 13.8 Å². The molecule has 2 aromatic rings. The van der Waals surface area contributed by atoms with Gasteiger partial charge in [-0.2, -0.15) is 0 Å². The third-order valence-electron chi connectivity index (χ3n) is 7.77. The van der Waals surface area contributed by atoms with Gasteiger partial charge in [0.2, 0.25) is 5.91 Å². The van der Waals surface area contributed by atoms with E-state index in [9.17, 15) is 9.18 Å². The van der Waals surface area contributed by atoms with Gasteiger partial charge in [0, 0.05) is 50.4 Å². The molecule has 4 rings (SSSR count). The molecule has 2 aliphatic heterocycles. The third-order valence-corrected chi connectivity index (χ3v) is 8.06. The number of hydrogen-bond acceptors (Lipinski definition) is 4.